The molecule has 0 bridgehead atoms. The molecule has 10 nitrogen and oxygen atoms in total. The maximum absolute atomic E-state index is 14.6. The average Bonchev–Trinajstić information content (AvgIpc) is 3.10. The molecule has 0 radical (unpaired) electrons. The van der Waals surface area contributed by atoms with E-state index in [1.54, 1.807) is 0 Å². The van der Waals surface area contributed by atoms with Gasteiger partial charge in [0.05, 0.1) is 0 Å². The summed E-state index contributed by atoms with van der Waals surface area (Å²) in [5.41, 5.74) is -0.773. The Morgan fingerprint density at radius 1 is 1.00 bits per heavy atom. The van der Waals surface area contributed by atoms with E-state index in [-0.39, 0.29) is 40.4 Å². The van der Waals surface area contributed by atoms with Crippen LogP contribution in [0.2, 0.25) is 0 Å². The van der Waals surface area contributed by atoms with Crippen LogP contribution in [-0.2, 0) is 11.8 Å². The highest BCUT2D eigenvalue weighted by molar-refractivity contribution is 6.01. The molecular formula is C23H18F2N6O4. The first-order chi connectivity index (χ1) is 16.7. The van der Waals surface area contributed by atoms with E-state index in [0.717, 1.165) is 21.4 Å². The van der Waals surface area contributed by atoms with E-state index in [0.29, 0.717) is 0 Å². The fourth-order valence-corrected chi connectivity index (χ4v) is 3.11. The number of nitrogens with zero attached hydrogens (tertiary/aromatic N) is 4. The molecular weight excluding hydrogens is 462 g/mol. The summed E-state index contributed by atoms with van der Waals surface area (Å²) in [7, 11) is 1.31. The van der Waals surface area contributed by atoms with Gasteiger partial charge in [0.25, 0.3) is 5.91 Å². The molecule has 2 N–H and O–H groups in total. The monoisotopic (exact) mass is 480 g/mol. The van der Waals surface area contributed by atoms with Gasteiger partial charge < -0.3 is 15.4 Å². The summed E-state index contributed by atoms with van der Waals surface area (Å²) in [4.78, 5) is 40.3. The highest BCUT2D eigenvalue weighted by Crippen LogP contribution is 2.27. The zero-order chi connectivity index (χ0) is 25.1. The largest absolute Gasteiger partial charge is 0.454 e. The number of amides is 2. The lowest BCUT2D eigenvalue weighted by atomic mass is 10.2. The average molecular weight is 480 g/mol. The Morgan fingerprint density at radius 2 is 1.77 bits per heavy atom. The van der Waals surface area contributed by atoms with Crippen LogP contribution in [0.4, 0.5) is 20.3 Å². The quantitative estimate of drug-likeness (QED) is 0.437. The van der Waals surface area contributed by atoms with E-state index < -0.39 is 23.2 Å². The molecule has 4 rings (SSSR count). The van der Waals surface area contributed by atoms with Crippen molar-refractivity contribution < 1.29 is 23.1 Å². The topological polar surface area (TPSA) is 120 Å². The number of hydrogen-bond donors (Lipinski definition) is 2. The maximum Gasteiger partial charge on any atom is 0.350 e. The first-order valence-corrected chi connectivity index (χ1v) is 10.2. The lowest BCUT2D eigenvalue weighted by Crippen LogP contribution is -2.24. The molecule has 0 unspecified atom stereocenters. The molecule has 2 aromatic carbocycles. The van der Waals surface area contributed by atoms with Crippen molar-refractivity contribution in [1.29, 1.82) is 0 Å². The highest BCUT2D eigenvalue weighted by atomic mass is 19.1. The molecule has 0 saturated carbocycles. The van der Waals surface area contributed by atoms with Crippen molar-refractivity contribution in [1.82, 2.24) is 19.3 Å². The molecule has 0 aliphatic carbocycles. The minimum atomic E-state index is -0.804. The third-order valence-corrected chi connectivity index (χ3v) is 4.72. The first kappa shape index (κ1) is 23.3. The van der Waals surface area contributed by atoms with Crippen LogP contribution in [0.3, 0.4) is 0 Å². The van der Waals surface area contributed by atoms with Gasteiger partial charge in [-0.05, 0) is 30.3 Å². The van der Waals surface area contributed by atoms with Gasteiger partial charge in [0.1, 0.15) is 23.1 Å². The molecule has 178 valence electrons. The van der Waals surface area contributed by atoms with Crippen LogP contribution >= 0.6 is 0 Å². The number of nitrogens with one attached hydrogen (secondary N) is 2. The summed E-state index contributed by atoms with van der Waals surface area (Å²) in [5, 5.41) is 8.86. The SMILES string of the molecule is CC(=O)Nc1cc(Oc2ccc(NC(=O)c3nn(-c4ccccc4F)c(=O)n3C)cc2F)ccn1. The number of para-hydroxylation sites is 1. The molecule has 0 saturated heterocycles. The van der Waals surface area contributed by atoms with E-state index in [2.05, 4.69) is 20.7 Å². The molecule has 0 aliphatic heterocycles. The third kappa shape index (κ3) is 5.05. The predicted octanol–water partition coefficient (Wildman–Crippen LogP) is 3.25. The highest BCUT2D eigenvalue weighted by Gasteiger charge is 2.20. The molecule has 0 fully saturated rings. The standard InChI is InChI=1S/C23H18F2N6O4/c1-13(32)27-20-12-15(9-10-26-20)35-19-8-7-14(11-17(19)25)28-22(33)21-29-31(23(34)30(21)2)18-6-4-3-5-16(18)24/h3-12H,1-2H3,(H,28,33)(H,26,27,32). The van der Waals surface area contributed by atoms with Gasteiger partial charge in [-0.3, -0.25) is 14.2 Å². The number of benzene rings is 2. The number of carbonyl (C=O) groups is 2. The maximum atomic E-state index is 14.6. The third-order valence-electron chi connectivity index (χ3n) is 4.72. The number of halogens is 2. The normalized spacial score (nSPS) is 10.6. The smallest absolute Gasteiger partial charge is 0.350 e. The fraction of sp³-hybridized carbons (Fsp3) is 0.0870. The summed E-state index contributed by atoms with van der Waals surface area (Å²) < 4.78 is 35.9. The number of aromatic nitrogens is 4. The zero-order valence-corrected chi connectivity index (χ0v) is 18.5. The van der Waals surface area contributed by atoms with Gasteiger partial charge in [0.2, 0.25) is 11.7 Å². The van der Waals surface area contributed by atoms with Crippen molar-refractivity contribution in [3.05, 3.63) is 88.7 Å². The van der Waals surface area contributed by atoms with Gasteiger partial charge in [-0.25, -0.2) is 18.6 Å². The second kappa shape index (κ2) is 9.55. The van der Waals surface area contributed by atoms with Crippen LogP contribution in [-0.4, -0.2) is 31.1 Å². The molecule has 0 atom stereocenters. The molecule has 2 heterocycles. The van der Waals surface area contributed by atoms with Crippen molar-refractivity contribution in [3.63, 3.8) is 0 Å². The number of hydrogen-bond acceptors (Lipinski definition) is 6. The van der Waals surface area contributed by atoms with Crippen LogP contribution in [0.1, 0.15) is 17.5 Å². The summed E-state index contributed by atoms with van der Waals surface area (Å²) in [5.74, 6) is -2.57. The number of carbonyl (C=O) groups excluding carboxylic acids is 2. The van der Waals surface area contributed by atoms with Gasteiger partial charge >= 0.3 is 5.69 Å². The van der Waals surface area contributed by atoms with Crippen LogP contribution < -0.4 is 21.1 Å². The van der Waals surface area contributed by atoms with Crippen molar-refractivity contribution >= 4 is 23.3 Å². The van der Waals surface area contributed by atoms with Gasteiger partial charge in [0.15, 0.2) is 11.6 Å². The van der Waals surface area contributed by atoms with Crippen LogP contribution in [0.25, 0.3) is 5.69 Å². The first-order valence-electron chi connectivity index (χ1n) is 10.2. The summed E-state index contributed by atoms with van der Waals surface area (Å²) in [6.07, 6.45) is 1.39. The van der Waals surface area contributed by atoms with Crippen LogP contribution in [0, 0.1) is 11.6 Å². The van der Waals surface area contributed by atoms with Crippen molar-refractivity contribution in [3.8, 4) is 17.2 Å². The number of rotatable bonds is 6. The van der Waals surface area contributed by atoms with E-state index in [4.69, 9.17) is 4.74 Å². The Balaban J connectivity index is 1.52. The molecule has 12 heteroatoms. The van der Waals surface area contributed by atoms with E-state index in [1.165, 1.54) is 62.6 Å². The second-order valence-corrected chi connectivity index (χ2v) is 7.29. The molecule has 4 aromatic rings. The summed E-state index contributed by atoms with van der Waals surface area (Å²) in [6.45, 7) is 1.32. The Labute approximate surface area is 196 Å². The lowest BCUT2D eigenvalue weighted by molar-refractivity contribution is -0.114. The Hall–Kier alpha value is -4.87. The molecule has 35 heavy (non-hydrogen) atoms. The van der Waals surface area contributed by atoms with Crippen molar-refractivity contribution in [2.45, 2.75) is 6.92 Å². The number of anilines is 2. The van der Waals surface area contributed by atoms with E-state index in [9.17, 15) is 23.2 Å². The minimum Gasteiger partial charge on any atom is -0.454 e. The second-order valence-electron chi connectivity index (χ2n) is 7.29. The summed E-state index contributed by atoms with van der Waals surface area (Å²) in [6, 6.07) is 12.1. The molecule has 0 spiro atoms. The predicted molar refractivity (Wildman–Crippen MR) is 122 cm³/mol. The van der Waals surface area contributed by atoms with Gasteiger partial charge in [-0.15, -0.1) is 5.10 Å². The van der Waals surface area contributed by atoms with Crippen molar-refractivity contribution in [2.24, 2.45) is 7.05 Å². The Morgan fingerprint density at radius 3 is 2.49 bits per heavy atom. The van der Waals surface area contributed by atoms with E-state index >= 15 is 0 Å². The van der Waals surface area contributed by atoms with Crippen molar-refractivity contribution in [2.75, 3.05) is 10.6 Å². The lowest BCUT2D eigenvalue weighted by Gasteiger charge is -2.10. The number of pyridine rings is 1. The van der Waals surface area contributed by atoms with E-state index in [1.807, 2.05) is 0 Å². The summed E-state index contributed by atoms with van der Waals surface area (Å²) >= 11 is 0. The minimum absolute atomic E-state index is 0.0707. The number of ether oxygens (including phenoxy) is 1. The van der Waals surface area contributed by atoms with Gasteiger partial charge in [-0.1, -0.05) is 12.1 Å². The molecule has 2 aromatic heterocycles. The molecule has 2 amide bonds. The van der Waals surface area contributed by atoms with Gasteiger partial charge in [0, 0.05) is 38.0 Å². The fourth-order valence-electron chi connectivity index (χ4n) is 3.11. The van der Waals surface area contributed by atoms with Crippen LogP contribution in [0.15, 0.2) is 65.6 Å². The Bertz CT molecular complexity index is 1500. The van der Waals surface area contributed by atoms with Crippen LogP contribution in [0.5, 0.6) is 11.5 Å². The zero-order valence-electron chi connectivity index (χ0n) is 18.5. The molecule has 0 aliphatic rings. The van der Waals surface area contributed by atoms with Gasteiger partial charge in [-0.2, -0.15) is 4.68 Å². The Kier molecular flexibility index (Phi) is 6.36.